The molecule has 18 heavy (non-hydrogen) atoms. The predicted molar refractivity (Wildman–Crippen MR) is 70.4 cm³/mol. The Labute approximate surface area is 108 Å². The lowest BCUT2D eigenvalue weighted by molar-refractivity contribution is 0.577. The van der Waals surface area contributed by atoms with Gasteiger partial charge in [0.25, 0.3) is 0 Å². The molecule has 0 radical (unpaired) electrons. The van der Waals surface area contributed by atoms with Crippen LogP contribution in [0, 0.1) is 5.82 Å². The molecule has 0 fully saturated rings. The second-order valence-electron chi connectivity index (χ2n) is 3.95. The van der Waals surface area contributed by atoms with E-state index >= 15 is 0 Å². The maximum atomic E-state index is 12.9. The highest BCUT2D eigenvalue weighted by atomic mass is 32.2. The van der Waals surface area contributed by atoms with Crippen molar-refractivity contribution in [2.45, 2.75) is 13.3 Å². The van der Waals surface area contributed by atoms with Crippen LogP contribution in [0.1, 0.15) is 12.5 Å². The van der Waals surface area contributed by atoms with Gasteiger partial charge in [0.1, 0.15) is 5.82 Å². The second-order valence-corrected chi connectivity index (χ2v) is 5.87. The molecular weight excluding hydrogens is 255 g/mol. The van der Waals surface area contributed by atoms with Crippen molar-refractivity contribution in [3.05, 3.63) is 35.6 Å². The molecule has 6 heteroatoms. The minimum absolute atomic E-state index is 0.0595. The van der Waals surface area contributed by atoms with Gasteiger partial charge in [-0.2, -0.15) is 0 Å². The van der Waals surface area contributed by atoms with Crippen LogP contribution in [0.2, 0.25) is 0 Å². The Hall–Kier alpha value is -0.980. The van der Waals surface area contributed by atoms with Crippen LogP contribution in [0.15, 0.2) is 24.3 Å². The summed E-state index contributed by atoms with van der Waals surface area (Å²) in [5, 5.41) is 2.95. The highest BCUT2D eigenvalue weighted by molar-refractivity contribution is 7.89. The summed E-state index contributed by atoms with van der Waals surface area (Å²) in [7, 11) is -3.24. The lowest BCUT2D eigenvalue weighted by Gasteiger charge is -2.07. The molecule has 0 spiro atoms. The molecule has 2 N–H and O–H groups in total. The van der Waals surface area contributed by atoms with E-state index in [-0.39, 0.29) is 18.1 Å². The molecule has 1 rings (SSSR count). The van der Waals surface area contributed by atoms with Crippen LogP contribution in [0.3, 0.4) is 0 Å². The van der Waals surface area contributed by atoms with Crippen LogP contribution in [0.5, 0.6) is 0 Å². The van der Waals surface area contributed by atoms with Crippen molar-refractivity contribution in [2.24, 2.45) is 0 Å². The van der Waals surface area contributed by atoms with E-state index in [2.05, 4.69) is 10.0 Å². The van der Waals surface area contributed by atoms with Gasteiger partial charge in [0.2, 0.25) is 10.0 Å². The zero-order valence-corrected chi connectivity index (χ0v) is 11.3. The van der Waals surface area contributed by atoms with Gasteiger partial charge in [0, 0.05) is 13.1 Å². The second kappa shape index (κ2) is 7.45. The van der Waals surface area contributed by atoms with Gasteiger partial charge in [-0.25, -0.2) is 17.5 Å². The summed E-state index contributed by atoms with van der Waals surface area (Å²) in [6.45, 7) is 3.40. The SMILES string of the molecule is CCNCCS(=O)(=O)NCCc1cccc(F)c1. The monoisotopic (exact) mass is 274 g/mol. The van der Waals surface area contributed by atoms with E-state index in [1.807, 2.05) is 6.92 Å². The van der Waals surface area contributed by atoms with Crippen LogP contribution in [0.4, 0.5) is 4.39 Å². The number of hydrogen-bond acceptors (Lipinski definition) is 3. The van der Waals surface area contributed by atoms with Crippen molar-refractivity contribution < 1.29 is 12.8 Å². The summed E-state index contributed by atoms with van der Waals surface area (Å²) in [6.07, 6.45) is 0.484. The van der Waals surface area contributed by atoms with Crippen molar-refractivity contribution >= 4 is 10.0 Å². The van der Waals surface area contributed by atoms with Crippen LogP contribution < -0.4 is 10.0 Å². The maximum absolute atomic E-state index is 12.9. The maximum Gasteiger partial charge on any atom is 0.212 e. The first-order valence-electron chi connectivity index (χ1n) is 5.96. The standard InChI is InChI=1S/C12H19FN2O2S/c1-2-14-8-9-18(16,17)15-7-6-11-4-3-5-12(13)10-11/h3-5,10,14-15H,2,6-9H2,1H3. The average molecular weight is 274 g/mol. The van der Waals surface area contributed by atoms with E-state index in [0.29, 0.717) is 13.0 Å². The molecule has 0 saturated carbocycles. The normalized spacial score (nSPS) is 11.7. The summed E-state index contributed by atoms with van der Waals surface area (Å²) in [6, 6.07) is 6.16. The lowest BCUT2D eigenvalue weighted by atomic mass is 10.1. The number of nitrogens with one attached hydrogen (secondary N) is 2. The molecule has 0 aromatic heterocycles. The molecule has 0 heterocycles. The van der Waals surface area contributed by atoms with Crippen molar-refractivity contribution in [1.82, 2.24) is 10.0 Å². The van der Waals surface area contributed by atoms with E-state index in [0.717, 1.165) is 12.1 Å². The third-order valence-corrected chi connectivity index (χ3v) is 3.81. The summed E-state index contributed by atoms with van der Waals surface area (Å²) in [4.78, 5) is 0. The largest absolute Gasteiger partial charge is 0.316 e. The lowest BCUT2D eigenvalue weighted by Crippen LogP contribution is -2.33. The topological polar surface area (TPSA) is 58.2 Å². The molecule has 0 aliphatic carbocycles. The Kier molecular flexibility index (Phi) is 6.24. The average Bonchev–Trinajstić information content (AvgIpc) is 2.29. The number of halogens is 1. The summed E-state index contributed by atoms with van der Waals surface area (Å²) >= 11 is 0. The number of benzene rings is 1. The van der Waals surface area contributed by atoms with Gasteiger partial charge in [-0.15, -0.1) is 0 Å². The van der Waals surface area contributed by atoms with Gasteiger partial charge in [0.15, 0.2) is 0 Å². The zero-order chi connectivity index (χ0) is 13.4. The summed E-state index contributed by atoms with van der Waals surface area (Å²) < 4.78 is 38.5. The predicted octanol–water partition coefficient (Wildman–Crippen LogP) is 0.897. The van der Waals surface area contributed by atoms with E-state index in [4.69, 9.17) is 0 Å². The molecule has 0 aliphatic heterocycles. The van der Waals surface area contributed by atoms with Crippen molar-refractivity contribution in [2.75, 3.05) is 25.4 Å². The Morgan fingerprint density at radius 3 is 2.72 bits per heavy atom. The Bertz CT molecular complexity index is 463. The molecule has 0 amide bonds. The fraction of sp³-hybridized carbons (Fsp3) is 0.500. The first kappa shape index (κ1) is 15.1. The van der Waals surface area contributed by atoms with Crippen LogP contribution in [-0.4, -0.2) is 33.8 Å². The Balaban J connectivity index is 2.32. The third-order valence-electron chi connectivity index (χ3n) is 2.42. The molecule has 0 bridgehead atoms. The van der Waals surface area contributed by atoms with Gasteiger partial charge < -0.3 is 5.32 Å². The smallest absolute Gasteiger partial charge is 0.212 e. The summed E-state index contributed by atoms with van der Waals surface area (Å²) in [5.41, 5.74) is 0.782. The van der Waals surface area contributed by atoms with Crippen molar-refractivity contribution in [3.63, 3.8) is 0 Å². The molecular formula is C12H19FN2O2S. The zero-order valence-electron chi connectivity index (χ0n) is 10.4. The molecule has 0 saturated heterocycles. The minimum Gasteiger partial charge on any atom is -0.316 e. The number of rotatable bonds is 8. The summed E-state index contributed by atoms with van der Waals surface area (Å²) in [5.74, 6) is -0.244. The molecule has 1 aromatic rings. The van der Waals surface area contributed by atoms with Gasteiger partial charge >= 0.3 is 0 Å². The van der Waals surface area contributed by atoms with Crippen LogP contribution in [0.25, 0.3) is 0 Å². The Morgan fingerprint density at radius 2 is 2.06 bits per heavy atom. The van der Waals surface area contributed by atoms with Crippen LogP contribution in [-0.2, 0) is 16.4 Å². The third kappa shape index (κ3) is 6.09. The highest BCUT2D eigenvalue weighted by Gasteiger charge is 2.08. The minimum atomic E-state index is -3.24. The molecule has 0 aliphatic rings. The Morgan fingerprint density at radius 1 is 1.28 bits per heavy atom. The molecule has 4 nitrogen and oxygen atoms in total. The number of sulfonamides is 1. The highest BCUT2D eigenvalue weighted by Crippen LogP contribution is 2.03. The van der Waals surface area contributed by atoms with Gasteiger partial charge in [-0.3, -0.25) is 0 Å². The quantitative estimate of drug-likeness (QED) is 0.692. The first-order chi connectivity index (χ1) is 8.53. The van der Waals surface area contributed by atoms with Crippen molar-refractivity contribution in [1.29, 1.82) is 0 Å². The van der Waals surface area contributed by atoms with Crippen LogP contribution >= 0.6 is 0 Å². The van der Waals surface area contributed by atoms with Gasteiger partial charge in [-0.1, -0.05) is 19.1 Å². The van der Waals surface area contributed by atoms with Gasteiger partial charge in [-0.05, 0) is 30.7 Å². The number of hydrogen-bond donors (Lipinski definition) is 2. The van der Waals surface area contributed by atoms with E-state index in [1.54, 1.807) is 12.1 Å². The first-order valence-corrected chi connectivity index (χ1v) is 7.61. The molecule has 102 valence electrons. The fourth-order valence-electron chi connectivity index (χ4n) is 1.50. The molecule has 1 aromatic carbocycles. The molecule has 0 atom stereocenters. The van der Waals surface area contributed by atoms with E-state index in [1.165, 1.54) is 12.1 Å². The van der Waals surface area contributed by atoms with E-state index < -0.39 is 10.0 Å². The fourth-order valence-corrected chi connectivity index (χ4v) is 2.47. The molecule has 0 unspecified atom stereocenters. The van der Waals surface area contributed by atoms with Crippen molar-refractivity contribution in [3.8, 4) is 0 Å². The van der Waals surface area contributed by atoms with Gasteiger partial charge in [0.05, 0.1) is 5.75 Å². The van der Waals surface area contributed by atoms with E-state index in [9.17, 15) is 12.8 Å².